The molecule has 1 aliphatic heterocycles. The highest BCUT2D eigenvalue weighted by atomic mass is 16.5. The summed E-state index contributed by atoms with van der Waals surface area (Å²) in [4.78, 5) is 25.6. The Bertz CT molecular complexity index is 893. The molecule has 0 saturated carbocycles. The zero-order chi connectivity index (χ0) is 22.1. The van der Waals surface area contributed by atoms with Crippen LogP contribution in [0, 0.1) is 11.3 Å². The maximum atomic E-state index is 12.6. The number of carbonyl (C=O) groups excluding carboxylic acids is 2. The van der Waals surface area contributed by atoms with Gasteiger partial charge in [0.25, 0.3) is 11.8 Å². The Kier molecular flexibility index (Phi) is 8.67. The number of imide groups is 1. The van der Waals surface area contributed by atoms with Crippen molar-refractivity contribution < 1.29 is 19.1 Å². The second-order valence-electron chi connectivity index (χ2n) is 7.24. The van der Waals surface area contributed by atoms with E-state index in [4.69, 9.17) is 9.47 Å². The molecule has 0 saturated heterocycles. The van der Waals surface area contributed by atoms with Gasteiger partial charge in [-0.2, -0.15) is 5.26 Å². The van der Waals surface area contributed by atoms with E-state index >= 15 is 0 Å². The third-order valence-electron chi connectivity index (χ3n) is 5.03. The van der Waals surface area contributed by atoms with Crippen LogP contribution in [0.1, 0.15) is 58.4 Å². The first kappa shape index (κ1) is 23.2. The molecule has 0 bridgehead atoms. The second kappa shape index (κ2) is 11.2. The van der Waals surface area contributed by atoms with Crippen LogP contribution in [0.2, 0.25) is 0 Å². The van der Waals surface area contributed by atoms with Crippen molar-refractivity contribution in [2.24, 2.45) is 0 Å². The van der Waals surface area contributed by atoms with Crippen molar-refractivity contribution >= 4 is 17.9 Å². The summed E-state index contributed by atoms with van der Waals surface area (Å²) < 4.78 is 11.6. The first-order valence-electron chi connectivity index (χ1n) is 10.5. The molecule has 6 heteroatoms. The summed E-state index contributed by atoms with van der Waals surface area (Å²) in [7, 11) is 1.38. The average Bonchev–Trinajstić information content (AvgIpc) is 2.74. The minimum atomic E-state index is -0.574. The molecular weight excluding hydrogens is 380 g/mol. The smallest absolute Gasteiger partial charge is 0.271 e. The predicted octanol–water partition coefficient (Wildman–Crippen LogP) is 4.66. The zero-order valence-corrected chi connectivity index (χ0v) is 18.3. The fourth-order valence-electron chi connectivity index (χ4n) is 3.25. The Hall–Kier alpha value is -3.07. The van der Waals surface area contributed by atoms with E-state index in [2.05, 4.69) is 6.92 Å². The number of amides is 2. The maximum absolute atomic E-state index is 12.6. The summed E-state index contributed by atoms with van der Waals surface area (Å²) in [6.45, 7) is 6.82. The average molecular weight is 411 g/mol. The molecule has 0 radical (unpaired) electrons. The van der Waals surface area contributed by atoms with Gasteiger partial charge in [-0.3, -0.25) is 14.5 Å². The van der Waals surface area contributed by atoms with Crippen molar-refractivity contribution in [2.45, 2.75) is 52.9 Å². The molecule has 1 aliphatic rings. The van der Waals surface area contributed by atoms with Crippen molar-refractivity contribution in [3.05, 3.63) is 40.5 Å². The number of nitriles is 1. The van der Waals surface area contributed by atoms with Gasteiger partial charge < -0.3 is 9.47 Å². The minimum Gasteiger partial charge on any atom is -0.490 e. The Morgan fingerprint density at radius 2 is 1.77 bits per heavy atom. The van der Waals surface area contributed by atoms with Gasteiger partial charge in [0.2, 0.25) is 0 Å². The molecular formula is C24H30N2O4. The van der Waals surface area contributed by atoms with Gasteiger partial charge in [-0.15, -0.1) is 0 Å². The van der Waals surface area contributed by atoms with Crippen LogP contribution in [0.3, 0.4) is 0 Å². The molecule has 30 heavy (non-hydrogen) atoms. The van der Waals surface area contributed by atoms with Gasteiger partial charge >= 0.3 is 0 Å². The number of hydrogen-bond donors (Lipinski definition) is 0. The third kappa shape index (κ3) is 5.50. The van der Waals surface area contributed by atoms with E-state index < -0.39 is 11.8 Å². The molecule has 0 aromatic heterocycles. The number of likely N-dealkylation sites (N-methyl/N-ethyl adjacent to an activating group) is 1. The zero-order valence-electron chi connectivity index (χ0n) is 18.3. The van der Waals surface area contributed by atoms with Crippen molar-refractivity contribution in [1.29, 1.82) is 5.26 Å². The lowest BCUT2D eigenvalue weighted by molar-refractivity contribution is -0.138. The number of carbonyl (C=O) groups is 2. The topological polar surface area (TPSA) is 79.6 Å². The molecule has 0 atom stereocenters. The van der Waals surface area contributed by atoms with E-state index in [-0.39, 0.29) is 5.57 Å². The van der Waals surface area contributed by atoms with E-state index in [9.17, 15) is 14.9 Å². The van der Waals surface area contributed by atoms with Gasteiger partial charge in [-0.25, -0.2) is 0 Å². The number of nitrogens with zero attached hydrogens (tertiary/aromatic N) is 2. The highest BCUT2D eigenvalue weighted by Gasteiger charge is 2.32. The Labute approximate surface area is 178 Å². The number of hydrogen-bond acceptors (Lipinski definition) is 5. The summed E-state index contributed by atoms with van der Waals surface area (Å²) in [6.07, 6.45) is 7.48. The van der Waals surface area contributed by atoms with Crippen molar-refractivity contribution in [2.75, 3.05) is 20.3 Å². The molecule has 1 aromatic rings. The van der Waals surface area contributed by atoms with E-state index in [0.717, 1.165) is 23.3 Å². The Balaban J connectivity index is 2.25. The van der Waals surface area contributed by atoms with E-state index in [1.165, 1.54) is 26.3 Å². The fraction of sp³-hybridized carbons (Fsp3) is 0.458. The van der Waals surface area contributed by atoms with Crippen molar-refractivity contribution in [3.8, 4) is 17.6 Å². The summed E-state index contributed by atoms with van der Waals surface area (Å²) >= 11 is 0. The summed E-state index contributed by atoms with van der Waals surface area (Å²) in [5.41, 5.74) is 1.42. The lowest BCUT2D eigenvalue weighted by atomic mass is 9.94. The van der Waals surface area contributed by atoms with Crippen LogP contribution < -0.4 is 9.47 Å². The monoisotopic (exact) mass is 410 g/mol. The lowest BCUT2D eigenvalue weighted by Gasteiger charge is -2.23. The highest BCUT2D eigenvalue weighted by molar-refractivity contribution is 6.19. The molecule has 0 aliphatic carbocycles. The number of ether oxygens (including phenoxy) is 2. The fourth-order valence-corrected chi connectivity index (χ4v) is 3.25. The van der Waals surface area contributed by atoms with Crippen LogP contribution in [0.4, 0.5) is 0 Å². The van der Waals surface area contributed by atoms with E-state index in [1.807, 2.05) is 31.2 Å². The van der Waals surface area contributed by atoms with Gasteiger partial charge in [0, 0.05) is 12.6 Å². The first-order chi connectivity index (χ1) is 14.4. The highest BCUT2D eigenvalue weighted by Crippen LogP contribution is 2.32. The summed E-state index contributed by atoms with van der Waals surface area (Å²) in [5, 5.41) is 9.29. The second-order valence-corrected chi connectivity index (χ2v) is 7.24. The Morgan fingerprint density at radius 3 is 2.43 bits per heavy atom. The maximum Gasteiger partial charge on any atom is 0.271 e. The molecule has 0 fully saturated rings. The van der Waals surface area contributed by atoms with Crippen LogP contribution in [0.25, 0.3) is 6.08 Å². The van der Waals surface area contributed by atoms with E-state index in [0.29, 0.717) is 35.9 Å². The molecule has 2 rings (SSSR count). The van der Waals surface area contributed by atoms with Gasteiger partial charge in [-0.05, 0) is 49.6 Å². The molecule has 2 amide bonds. The van der Waals surface area contributed by atoms with Gasteiger partial charge in [-0.1, -0.05) is 38.7 Å². The van der Waals surface area contributed by atoms with Gasteiger partial charge in [0.15, 0.2) is 11.5 Å². The van der Waals surface area contributed by atoms with Crippen molar-refractivity contribution in [3.63, 3.8) is 0 Å². The molecule has 1 aromatic carbocycles. The molecule has 0 spiro atoms. The number of rotatable bonds is 10. The van der Waals surface area contributed by atoms with E-state index in [1.54, 1.807) is 13.0 Å². The molecule has 160 valence electrons. The number of benzene rings is 1. The van der Waals surface area contributed by atoms with Crippen molar-refractivity contribution in [1.82, 2.24) is 4.90 Å². The summed E-state index contributed by atoms with van der Waals surface area (Å²) in [6, 6.07) is 7.38. The normalized spacial score (nSPS) is 15.6. The van der Waals surface area contributed by atoms with Crippen LogP contribution >= 0.6 is 0 Å². The Morgan fingerprint density at radius 1 is 1.03 bits per heavy atom. The van der Waals surface area contributed by atoms with Gasteiger partial charge in [0.1, 0.15) is 11.6 Å². The third-order valence-corrected chi connectivity index (χ3v) is 5.03. The van der Waals surface area contributed by atoms with Crippen LogP contribution in [-0.4, -0.2) is 37.0 Å². The lowest BCUT2D eigenvalue weighted by Crippen LogP contribution is -2.39. The SMILES string of the molecule is CCCCCCCOc1ccc(/C=C2/C(=O)N(C)C(=O)C(C#N)=C2C)cc1OCC. The van der Waals surface area contributed by atoms with Crippen LogP contribution in [-0.2, 0) is 9.59 Å². The van der Waals surface area contributed by atoms with Crippen LogP contribution in [0.15, 0.2) is 34.9 Å². The summed E-state index contributed by atoms with van der Waals surface area (Å²) in [5.74, 6) is 0.272. The first-order valence-corrected chi connectivity index (χ1v) is 10.5. The van der Waals surface area contributed by atoms with Crippen LogP contribution in [0.5, 0.6) is 11.5 Å². The molecule has 0 unspecified atom stereocenters. The number of unbranched alkanes of at least 4 members (excludes halogenated alkanes) is 4. The minimum absolute atomic E-state index is 0.0172. The molecule has 1 heterocycles. The predicted molar refractivity (Wildman–Crippen MR) is 116 cm³/mol. The van der Waals surface area contributed by atoms with Gasteiger partial charge in [0.05, 0.1) is 13.2 Å². The quantitative estimate of drug-likeness (QED) is 0.318. The molecule has 6 nitrogen and oxygen atoms in total. The largest absolute Gasteiger partial charge is 0.490 e. The standard InChI is InChI=1S/C24H30N2O4/c1-5-7-8-9-10-13-30-21-12-11-18(15-22(21)29-6-2)14-19-17(3)20(16-25)24(28)26(4)23(19)27/h11-12,14-15H,5-10,13H2,1-4H3/b19-14+. The molecule has 0 N–H and O–H groups in total.